The fourth-order valence-corrected chi connectivity index (χ4v) is 8.25. The number of hydrogen-bond donors (Lipinski definition) is 2. The summed E-state index contributed by atoms with van der Waals surface area (Å²) in [5, 5.41) is 23.8. The molecule has 0 unspecified atom stereocenters. The van der Waals surface area contributed by atoms with Crippen molar-refractivity contribution in [1.82, 2.24) is 0 Å². The van der Waals surface area contributed by atoms with E-state index >= 15 is 0 Å². The number of aromatic hydroxyl groups is 2. The van der Waals surface area contributed by atoms with E-state index in [0.29, 0.717) is 51.7 Å². The first-order chi connectivity index (χ1) is 27.8. The molecule has 2 aliphatic rings. The summed E-state index contributed by atoms with van der Waals surface area (Å²) in [5.74, 6) is 2.17. The number of rotatable bonds is 11. The molecule has 57 heavy (non-hydrogen) atoms. The van der Waals surface area contributed by atoms with Gasteiger partial charge in [0.1, 0.15) is 23.0 Å². The van der Waals surface area contributed by atoms with Gasteiger partial charge in [-0.3, -0.25) is 4.79 Å². The summed E-state index contributed by atoms with van der Waals surface area (Å²) in [6.45, 7) is 11.5. The second-order valence-electron chi connectivity index (χ2n) is 15.3. The van der Waals surface area contributed by atoms with E-state index in [1.54, 1.807) is 0 Å². The third kappa shape index (κ3) is 8.81. The molecule has 7 rings (SSSR count). The first kappa shape index (κ1) is 39.5. The van der Waals surface area contributed by atoms with Crippen molar-refractivity contribution in [3.63, 3.8) is 0 Å². The number of ether oxygens (including phenoxy) is 2. The number of nitrogens with zero attached hydrogens (tertiary/aromatic N) is 1. The van der Waals surface area contributed by atoms with Crippen LogP contribution in [0.2, 0.25) is 0 Å². The summed E-state index contributed by atoms with van der Waals surface area (Å²) < 4.78 is 12.9. The van der Waals surface area contributed by atoms with E-state index in [2.05, 4.69) is 81.1 Å². The molecule has 0 spiro atoms. The van der Waals surface area contributed by atoms with Crippen molar-refractivity contribution >= 4 is 23.6 Å². The molecule has 5 aromatic rings. The highest BCUT2D eigenvalue weighted by atomic mass is 16.5. The maximum atomic E-state index is 13.9. The van der Waals surface area contributed by atoms with Crippen molar-refractivity contribution in [1.29, 1.82) is 0 Å². The molecular formula is C51H55NO5. The molecule has 0 atom stereocenters. The molecule has 0 aromatic heterocycles. The molecule has 0 radical (unpaired) electrons. The van der Waals surface area contributed by atoms with E-state index in [4.69, 9.17) is 9.47 Å². The number of fused-ring (bicyclic) bond motifs is 8. The van der Waals surface area contributed by atoms with Gasteiger partial charge in [-0.15, -0.1) is 0 Å². The summed E-state index contributed by atoms with van der Waals surface area (Å²) in [6, 6.07) is 30.8. The predicted molar refractivity (Wildman–Crippen MR) is 232 cm³/mol. The van der Waals surface area contributed by atoms with Crippen LogP contribution in [0.4, 0.5) is 5.69 Å². The highest BCUT2D eigenvalue weighted by Crippen LogP contribution is 2.39. The molecule has 6 heteroatoms. The van der Waals surface area contributed by atoms with Gasteiger partial charge in [-0.25, -0.2) is 0 Å². The van der Waals surface area contributed by atoms with Crippen LogP contribution in [0.15, 0.2) is 102 Å². The zero-order chi connectivity index (χ0) is 39.9. The average Bonchev–Trinajstić information content (AvgIpc) is 3.55. The maximum absolute atomic E-state index is 13.9. The van der Waals surface area contributed by atoms with Crippen molar-refractivity contribution in [2.75, 3.05) is 31.2 Å². The standard InChI is InChI=1S/C51H55NO5/c1-5-24-56-50-40-14-10-16-42(50)32-44-28-35(27-39-21-20-38(48(39)54)26-34-18-22-46(23-19-34)52(7-3)8-4)29-45(49(44)55)33-43-17-11-15-41(51(43)57-25-6-2)31-37-13-9-12-36(30-40)47(37)53/h9-19,22-23,26-29,53,55H,5-8,20-21,24-25,30-33H2,1-4H3/b38-26+,39-27+. The van der Waals surface area contributed by atoms with Gasteiger partial charge in [-0.05, 0) is 132 Å². The fourth-order valence-electron chi connectivity index (χ4n) is 8.25. The quantitative estimate of drug-likeness (QED) is 0.128. The molecule has 1 fully saturated rings. The van der Waals surface area contributed by atoms with Gasteiger partial charge in [-0.1, -0.05) is 80.6 Å². The molecule has 2 aliphatic carbocycles. The lowest BCUT2D eigenvalue weighted by Crippen LogP contribution is -2.21. The number of para-hydroxylation sites is 3. The summed E-state index contributed by atoms with van der Waals surface area (Å²) in [5.41, 5.74) is 11.7. The number of benzene rings is 5. The van der Waals surface area contributed by atoms with Crippen LogP contribution in [0.3, 0.4) is 0 Å². The number of carbonyl (C=O) groups is 1. The van der Waals surface area contributed by atoms with Crippen molar-refractivity contribution in [3.8, 4) is 23.0 Å². The molecule has 6 nitrogen and oxygen atoms in total. The van der Waals surface area contributed by atoms with Gasteiger partial charge in [0.05, 0.1) is 13.2 Å². The van der Waals surface area contributed by atoms with E-state index < -0.39 is 0 Å². The summed E-state index contributed by atoms with van der Waals surface area (Å²) in [4.78, 5) is 16.2. The van der Waals surface area contributed by atoms with Crippen LogP contribution in [-0.2, 0) is 30.5 Å². The Morgan fingerprint density at radius 1 is 0.544 bits per heavy atom. The fraction of sp³-hybridized carbons (Fsp3) is 0.314. The van der Waals surface area contributed by atoms with Crippen LogP contribution >= 0.6 is 0 Å². The van der Waals surface area contributed by atoms with Gasteiger partial charge in [0, 0.05) is 55.6 Å². The van der Waals surface area contributed by atoms with Gasteiger partial charge >= 0.3 is 0 Å². The molecule has 0 saturated heterocycles. The number of carbonyl (C=O) groups excluding carboxylic acids is 1. The molecule has 2 N–H and O–H groups in total. The Bertz CT molecular complexity index is 2190. The molecule has 294 valence electrons. The van der Waals surface area contributed by atoms with E-state index in [1.165, 1.54) is 5.69 Å². The van der Waals surface area contributed by atoms with Crippen molar-refractivity contribution in [3.05, 3.63) is 158 Å². The molecule has 0 aliphatic heterocycles. The zero-order valence-corrected chi connectivity index (χ0v) is 33.9. The SMILES string of the molecule is CCCOc1c2cccc1Cc1cc(/C=C3\CC/C(=C\c4ccc(N(CC)CC)cc4)C3=O)cc(c1O)Cc1cccc(c1OCCC)Cc1cccc(c1O)C2. The molecule has 8 bridgehead atoms. The Morgan fingerprint density at radius 2 is 0.947 bits per heavy atom. The zero-order valence-electron chi connectivity index (χ0n) is 33.9. The number of ketones is 1. The molecule has 5 aromatic carbocycles. The van der Waals surface area contributed by atoms with Crippen LogP contribution in [-0.4, -0.2) is 42.3 Å². The van der Waals surface area contributed by atoms with Crippen molar-refractivity contribution in [2.45, 2.75) is 79.1 Å². The Labute approximate surface area is 338 Å². The van der Waals surface area contributed by atoms with Crippen molar-refractivity contribution < 1.29 is 24.5 Å². The molecular weight excluding hydrogens is 707 g/mol. The smallest absolute Gasteiger partial charge is 0.185 e. The minimum atomic E-state index is 0.0748. The monoisotopic (exact) mass is 761 g/mol. The van der Waals surface area contributed by atoms with E-state index in [-0.39, 0.29) is 17.3 Å². The van der Waals surface area contributed by atoms with Crippen LogP contribution in [0.1, 0.15) is 109 Å². The largest absolute Gasteiger partial charge is 0.507 e. The third-order valence-corrected chi connectivity index (χ3v) is 11.2. The highest BCUT2D eigenvalue weighted by Gasteiger charge is 2.25. The lowest BCUT2D eigenvalue weighted by atomic mass is 9.90. The highest BCUT2D eigenvalue weighted by molar-refractivity contribution is 6.15. The maximum Gasteiger partial charge on any atom is 0.185 e. The summed E-state index contributed by atoms with van der Waals surface area (Å²) in [7, 11) is 0. The van der Waals surface area contributed by atoms with Crippen molar-refractivity contribution in [2.24, 2.45) is 0 Å². The summed E-state index contributed by atoms with van der Waals surface area (Å²) in [6.07, 6.45) is 8.93. The van der Waals surface area contributed by atoms with Gasteiger partial charge in [0.25, 0.3) is 0 Å². The normalized spacial score (nSPS) is 15.3. The number of phenolic OH excluding ortho intramolecular Hbond substituents is 2. The first-order valence-electron chi connectivity index (χ1n) is 20.7. The van der Waals surface area contributed by atoms with E-state index in [9.17, 15) is 15.0 Å². The van der Waals surface area contributed by atoms with Gasteiger partial charge in [0.15, 0.2) is 5.78 Å². The lowest BCUT2D eigenvalue weighted by Gasteiger charge is -2.21. The lowest BCUT2D eigenvalue weighted by molar-refractivity contribution is -0.111. The first-order valence-corrected chi connectivity index (χ1v) is 20.7. The summed E-state index contributed by atoms with van der Waals surface area (Å²) >= 11 is 0. The Morgan fingerprint density at radius 3 is 1.39 bits per heavy atom. The number of anilines is 1. The van der Waals surface area contributed by atoms with Crippen LogP contribution in [0.5, 0.6) is 23.0 Å². The van der Waals surface area contributed by atoms with Crippen LogP contribution in [0.25, 0.3) is 12.2 Å². The third-order valence-electron chi connectivity index (χ3n) is 11.2. The number of allylic oxidation sites excluding steroid dienone is 2. The number of hydrogen-bond acceptors (Lipinski definition) is 6. The second kappa shape index (κ2) is 18.0. The number of phenols is 2. The van der Waals surface area contributed by atoms with Gasteiger partial charge in [-0.2, -0.15) is 0 Å². The topological polar surface area (TPSA) is 79.2 Å². The molecule has 0 heterocycles. The minimum absolute atomic E-state index is 0.0748. The molecule has 1 saturated carbocycles. The van der Waals surface area contributed by atoms with Gasteiger partial charge < -0.3 is 24.6 Å². The Hall–Kier alpha value is -5.75. The van der Waals surface area contributed by atoms with Crippen LogP contribution in [0, 0.1) is 0 Å². The van der Waals surface area contributed by atoms with E-state index in [0.717, 1.165) is 104 Å². The Balaban J connectivity index is 1.32. The van der Waals surface area contributed by atoms with E-state index in [1.807, 2.05) is 54.6 Å². The average molecular weight is 762 g/mol. The number of Topliss-reactive ketones (excluding diaryl/α,β-unsaturated/α-hetero) is 1. The van der Waals surface area contributed by atoms with Gasteiger partial charge in [0.2, 0.25) is 0 Å². The molecule has 0 amide bonds. The second-order valence-corrected chi connectivity index (χ2v) is 15.3. The predicted octanol–water partition coefficient (Wildman–Crippen LogP) is 11.0. The Kier molecular flexibility index (Phi) is 12.5. The van der Waals surface area contributed by atoms with Crippen LogP contribution < -0.4 is 14.4 Å². The minimum Gasteiger partial charge on any atom is -0.507 e.